The van der Waals surface area contributed by atoms with Crippen LogP contribution in [0.3, 0.4) is 0 Å². The van der Waals surface area contributed by atoms with E-state index < -0.39 is 5.82 Å². The smallest absolute Gasteiger partial charge is 0.227 e. The van der Waals surface area contributed by atoms with E-state index in [1.165, 1.54) is 6.20 Å². The van der Waals surface area contributed by atoms with Gasteiger partial charge in [-0.2, -0.15) is 4.98 Å². The third-order valence-electron chi connectivity index (χ3n) is 3.29. The lowest BCUT2D eigenvalue weighted by molar-refractivity contribution is 0.617. The molecular formula is C14H16FN5. The summed E-state index contributed by atoms with van der Waals surface area (Å²) in [6, 6.07) is 7.07. The zero-order valence-corrected chi connectivity index (χ0v) is 11.0. The standard InChI is InChI=1S/C14H16FN5/c15-12-9-17-14(20-7-1-2-8-20)19-13(12)18-11-5-3-10(16)4-6-11/h3-6,9H,1-2,7-8,16H2,(H,17,18,19). The topological polar surface area (TPSA) is 67.1 Å². The highest BCUT2D eigenvalue weighted by atomic mass is 19.1. The van der Waals surface area contributed by atoms with Crippen LogP contribution in [0, 0.1) is 5.82 Å². The summed E-state index contributed by atoms with van der Waals surface area (Å²) < 4.78 is 13.8. The summed E-state index contributed by atoms with van der Waals surface area (Å²) in [5.74, 6) is 0.290. The summed E-state index contributed by atoms with van der Waals surface area (Å²) in [7, 11) is 0. The van der Waals surface area contributed by atoms with E-state index in [-0.39, 0.29) is 5.82 Å². The van der Waals surface area contributed by atoms with Crippen molar-refractivity contribution in [2.75, 3.05) is 29.0 Å². The van der Waals surface area contributed by atoms with Crippen molar-refractivity contribution in [3.05, 3.63) is 36.3 Å². The Hall–Kier alpha value is -2.37. The lowest BCUT2D eigenvalue weighted by atomic mass is 10.3. The number of hydrogen-bond donors (Lipinski definition) is 2. The van der Waals surface area contributed by atoms with E-state index >= 15 is 0 Å². The first-order valence-corrected chi connectivity index (χ1v) is 6.62. The van der Waals surface area contributed by atoms with Crippen LogP contribution < -0.4 is 16.0 Å². The van der Waals surface area contributed by atoms with Crippen LogP contribution in [0.4, 0.5) is 27.5 Å². The number of anilines is 4. The van der Waals surface area contributed by atoms with E-state index in [9.17, 15) is 4.39 Å². The normalized spacial score (nSPS) is 14.6. The molecule has 1 aromatic heterocycles. The van der Waals surface area contributed by atoms with Gasteiger partial charge < -0.3 is 16.0 Å². The van der Waals surface area contributed by atoms with Gasteiger partial charge in [-0.15, -0.1) is 0 Å². The van der Waals surface area contributed by atoms with Gasteiger partial charge in [0.2, 0.25) is 5.95 Å². The first kappa shape index (κ1) is 12.7. The molecule has 3 rings (SSSR count). The van der Waals surface area contributed by atoms with Crippen LogP contribution in [0.15, 0.2) is 30.5 Å². The molecule has 0 aliphatic carbocycles. The maximum absolute atomic E-state index is 13.8. The largest absolute Gasteiger partial charge is 0.399 e. The number of halogens is 1. The van der Waals surface area contributed by atoms with E-state index in [1.807, 2.05) is 0 Å². The fraction of sp³-hybridized carbons (Fsp3) is 0.286. The third-order valence-corrected chi connectivity index (χ3v) is 3.29. The van der Waals surface area contributed by atoms with Crippen LogP contribution in [0.2, 0.25) is 0 Å². The molecule has 6 heteroatoms. The van der Waals surface area contributed by atoms with Gasteiger partial charge in [0.15, 0.2) is 11.6 Å². The van der Waals surface area contributed by atoms with Crippen molar-refractivity contribution in [3.63, 3.8) is 0 Å². The van der Waals surface area contributed by atoms with Gasteiger partial charge in [-0.25, -0.2) is 9.37 Å². The van der Waals surface area contributed by atoms with Gasteiger partial charge in [-0.1, -0.05) is 0 Å². The van der Waals surface area contributed by atoms with Crippen LogP contribution in [0.1, 0.15) is 12.8 Å². The van der Waals surface area contributed by atoms with Crippen molar-refractivity contribution in [2.45, 2.75) is 12.8 Å². The SMILES string of the molecule is Nc1ccc(Nc2nc(N3CCCC3)ncc2F)cc1. The second-order valence-electron chi connectivity index (χ2n) is 4.81. The van der Waals surface area contributed by atoms with E-state index in [2.05, 4.69) is 20.2 Å². The Labute approximate surface area is 116 Å². The first-order chi connectivity index (χ1) is 9.72. The van der Waals surface area contributed by atoms with Crippen LogP contribution in [0.5, 0.6) is 0 Å². The molecule has 0 radical (unpaired) electrons. The maximum atomic E-state index is 13.8. The predicted octanol–water partition coefficient (Wildman–Crippen LogP) is 2.54. The van der Waals surface area contributed by atoms with E-state index in [0.717, 1.165) is 31.6 Å². The molecule has 0 bridgehead atoms. The van der Waals surface area contributed by atoms with Gasteiger partial charge in [0.1, 0.15) is 0 Å². The van der Waals surface area contributed by atoms with Gasteiger partial charge >= 0.3 is 0 Å². The number of nitrogen functional groups attached to an aromatic ring is 1. The Morgan fingerprint density at radius 3 is 2.55 bits per heavy atom. The Morgan fingerprint density at radius 1 is 1.15 bits per heavy atom. The number of hydrogen-bond acceptors (Lipinski definition) is 5. The molecule has 1 aliphatic rings. The fourth-order valence-corrected chi connectivity index (χ4v) is 2.22. The van der Waals surface area contributed by atoms with Gasteiger partial charge in [-0.05, 0) is 37.1 Å². The first-order valence-electron chi connectivity index (χ1n) is 6.62. The van der Waals surface area contributed by atoms with E-state index in [1.54, 1.807) is 24.3 Å². The van der Waals surface area contributed by atoms with Crippen LogP contribution in [-0.4, -0.2) is 23.1 Å². The van der Waals surface area contributed by atoms with Crippen molar-refractivity contribution >= 4 is 23.1 Å². The molecule has 3 N–H and O–H groups in total. The number of nitrogens with one attached hydrogen (secondary N) is 1. The molecule has 5 nitrogen and oxygen atoms in total. The highest BCUT2D eigenvalue weighted by Crippen LogP contribution is 2.22. The molecule has 1 fully saturated rings. The van der Waals surface area contributed by atoms with Crippen LogP contribution >= 0.6 is 0 Å². The summed E-state index contributed by atoms with van der Waals surface area (Å²) in [5, 5.41) is 2.95. The van der Waals surface area contributed by atoms with Gasteiger partial charge in [-0.3, -0.25) is 0 Å². The lowest BCUT2D eigenvalue weighted by Gasteiger charge is -2.16. The molecule has 1 saturated heterocycles. The Morgan fingerprint density at radius 2 is 1.85 bits per heavy atom. The minimum atomic E-state index is -0.468. The lowest BCUT2D eigenvalue weighted by Crippen LogP contribution is -2.21. The van der Waals surface area contributed by atoms with E-state index in [0.29, 0.717) is 11.6 Å². The minimum absolute atomic E-state index is 0.187. The summed E-state index contributed by atoms with van der Waals surface area (Å²) in [6.45, 7) is 1.85. The second kappa shape index (κ2) is 5.32. The number of rotatable bonds is 3. The van der Waals surface area contributed by atoms with Crippen molar-refractivity contribution in [2.24, 2.45) is 0 Å². The summed E-state index contributed by atoms with van der Waals surface area (Å²) >= 11 is 0. The molecule has 0 unspecified atom stereocenters. The second-order valence-corrected chi connectivity index (χ2v) is 4.81. The summed E-state index contributed by atoms with van der Waals surface area (Å²) in [6.07, 6.45) is 3.46. The Balaban J connectivity index is 1.84. The quantitative estimate of drug-likeness (QED) is 0.841. The highest BCUT2D eigenvalue weighted by Gasteiger charge is 2.16. The minimum Gasteiger partial charge on any atom is -0.399 e. The summed E-state index contributed by atoms with van der Waals surface area (Å²) in [4.78, 5) is 10.4. The van der Waals surface area contributed by atoms with E-state index in [4.69, 9.17) is 5.73 Å². The molecular weight excluding hydrogens is 257 g/mol. The molecule has 0 saturated carbocycles. The molecule has 0 amide bonds. The monoisotopic (exact) mass is 273 g/mol. The van der Waals surface area contributed by atoms with Crippen LogP contribution in [0.25, 0.3) is 0 Å². The molecule has 104 valence electrons. The fourth-order valence-electron chi connectivity index (χ4n) is 2.22. The van der Waals surface area contributed by atoms with Crippen molar-refractivity contribution in [3.8, 4) is 0 Å². The third kappa shape index (κ3) is 2.64. The summed E-state index contributed by atoms with van der Waals surface area (Å²) in [5.41, 5.74) is 7.03. The average Bonchev–Trinajstić information content (AvgIpc) is 2.98. The van der Waals surface area contributed by atoms with Crippen molar-refractivity contribution < 1.29 is 4.39 Å². The highest BCUT2D eigenvalue weighted by molar-refractivity contribution is 5.60. The molecule has 1 aliphatic heterocycles. The average molecular weight is 273 g/mol. The van der Waals surface area contributed by atoms with Gasteiger partial charge in [0, 0.05) is 24.5 Å². The number of aromatic nitrogens is 2. The molecule has 1 aromatic carbocycles. The Kier molecular flexibility index (Phi) is 3.37. The zero-order valence-electron chi connectivity index (χ0n) is 11.0. The number of benzene rings is 1. The zero-order chi connectivity index (χ0) is 13.9. The molecule has 2 aromatic rings. The molecule has 0 spiro atoms. The number of nitrogens with two attached hydrogens (primary N) is 1. The van der Waals surface area contributed by atoms with Gasteiger partial charge in [0.25, 0.3) is 0 Å². The molecule has 20 heavy (non-hydrogen) atoms. The molecule has 2 heterocycles. The van der Waals surface area contributed by atoms with Gasteiger partial charge in [0.05, 0.1) is 6.20 Å². The maximum Gasteiger partial charge on any atom is 0.227 e. The predicted molar refractivity (Wildman–Crippen MR) is 77.6 cm³/mol. The molecule has 0 atom stereocenters. The van der Waals surface area contributed by atoms with Crippen molar-refractivity contribution in [1.29, 1.82) is 0 Å². The van der Waals surface area contributed by atoms with Crippen LogP contribution in [-0.2, 0) is 0 Å². The Bertz CT molecular complexity index is 593. The van der Waals surface area contributed by atoms with Crippen molar-refractivity contribution in [1.82, 2.24) is 9.97 Å². The number of nitrogens with zero attached hydrogens (tertiary/aromatic N) is 3.